The van der Waals surface area contributed by atoms with Crippen molar-refractivity contribution in [3.05, 3.63) is 188 Å². The molecular formula is C50H29F2N. The van der Waals surface area contributed by atoms with Gasteiger partial charge in [0.25, 0.3) is 0 Å². The minimum absolute atomic E-state index is 0.322. The average molecular weight is 682 g/mol. The highest BCUT2D eigenvalue weighted by atomic mass is 19.1. The van der Waals surface area contributed by atoms with Crippen LogP contribution >= 0.6 is 0 Å². The Balaban J connectivity index is 1.30. The molecule has 1 nitrogen and oxygen atoms in total. The molecule has 0 amide bonds. The molecule has 0 radical (unpaired) electrons. The summed E-state index contributed by atoms with van der Waals surface area (Å²) in [6, 6.07) is 59.1. The molecule has 1 aliphatic heterocycles. The van der Waals surface area contributed by atoms with Crippen LogP contribution in [0, 0.1) is 11.6 Å². The van der Waals surface area contributed by atoms with Gasteiger partial charge in [-0.3, -0.25) is 0 Å². The Labute approximate surface area is 305 Å². The number of hydrogen-bond donors (Lipinski definition) is 0. The summed E-state index contributed by atoms with van der Waals surface area (Å²) in [5.74, 6) is -0.644. The van der Waals surface area contributed by atoms with E-state index in [2.05, 4.69) is 120 Å². The standard InChI is InChI=1S/C50H29F2N/c51-33-21-25-44-41(27-33)36-17-7-8-18-37(36)42-28-34(52)22-26-45(42)53(44)35-23-24-38-43(29-35)48(32-13-5-2-6-14-32)50-40-20-10-16-30-15-9-19-39(46(30)40)49(50)47(38)31-11-3-1-4-12-31/h1-29H. The van der Waals surface area contributed by atoms with Crippen molar-refractivity contribution >= 4 is 38.6 Å². The molecule has 0 spiro atoms. The fourth-order valence-electron chi connectivity index (χ4n) is 8.92. The Kier molecular flexibility index (Phi) is 6.38. The summed E-state index contributed by atoms with van der Waals surface area (Å²) in [6.45, 7) is 0. The summed E-state index contributed by atoms with van der Waals surface area (Å²) in [5, 5.41) is 4.73. The summed E-state index contributed by atoms with van der Waals surface area (Å²) in [7, 11) is 0. The Morgan fingerprint density at radius 3 is 1.38 bits per heavy atom. The van der Waals surface area contributed by atoms with Gasteiger partial charge < -0.3 is 4.90 Å². The monoisotopic (exact) mass is 681 g/mol. The number of hydrogen-bond acceptors (Lipinski definition) is 1. The first-order chi connectivity index (χ1) is 26.1. The smallest absolute Gasteiger partial charge is 0.123 e. The minimum atomic E-state index is -0.322. The van der Waals surface area contributed by atoms with Gasteiger partial charge in [-0.05, 0) is 126 Å². The highest BCUT2D eigenvalue weighted by Crippen LogP contribution is 2.59. The van der Waals surface area contributed by atoms with E-state index in [9.17, 15) is 0 Å². The SMILES string of the molecule is Fc1ccc2c(c1)-c1ccccc1-c1cc(F)ccc1N2c1ccc2c(-c3ccccc3)c3c(c(-c4ccccc4)c2c1)-c1cccc2cccc-3c12. The predicted molar refractivity (Wildman–Crippen MR) is 216 cm³/mol. The van der Waals surface area contributed by atoms with E-state index in [1.165, 1.54) is 50.7 Å². The van der Waals surface area contributed by atoms with Gasteiger partial charge in [0.15, 0.2) is 0 Å². The third kappa shape index (κ3) is 4.34. The molecule has 1 aliphatic carbocycles. The van der Waals surface area contributed by atoms with Gasteiger partial charge in [-0.2, -0.15) is 0 Å². The van der Waals surface area contributed by atoms with Gasteiger partial charge in [0.05, 0.1) is 11.4 Å². The third-order valence-corrected chi connectivity index (χ3v) is 11.0. The van der Waals surface area contributed by atoms with E-state index in [0.717, 1.165) is 66.8 Å². The lowest BCUT2D eigenvalue weighted by Gasteiger charge is -2.28. The maximum atomic E-state index is 15.2. The summed E-state index contributed by atoms with van der Waals surface area (Å²) in [6.07, 6.45) is 0. The van der Waals surface area contributed by atoms with Crippen molar-refractivity contribution in [2.45, 2.75) is 0 Å². The molecule has 3 heteroatoms. The molecule has 53 heavy (non-hydrogen) atoms. The van der Waals surface area contributed by atoms with E-state index in [0.29, 0.717) is 0 Å². The predicted octanol–water partition coefficient (Wildman–Crippen LogP) is 14.4. The zero-order valence-electron chi connectivity index (χ0n) is 28.4. The van der Waals surface area contributed by atoms with Gasteiger partial charge in [0.1, 0.15) is 11.6 Å². The zero-order chi connectivity index (χ0) is 35.2. The minimum Gasteiger partial charge on any atom is -0.309 e. The lowest BCUT2D eigenvalue weighted by molar-refractivity contribution is 0.628. The molecule has 248 valence electrons. The van der Waals surface area contributed by atoms with Gasteiger partial charge in [0, 0.05) is 16.8 Å². The number of benzene rings is 9. The van der Waals surface area contributed by atoms with Crippen LogP contribution in [0.3, 0.4) is 0 Å². The van der Waals surface area contributed by atoms with Crippen LogP contribution in [0.1, 0.15) is 0 Å². The van der Waals surface area contributed by atoms with E-state index >= 15 is 8.78 Å². The molecule has 0 saturated heterocycles. The van der Waals surface area contributed by atoms with E-state index in [4.69, 9.17) is 0 Å². The van der Waals surface area contributed by atoms with E-state index in [1.807, 2.05) is 36.4 Å². The summed E-state index contributed by atoms with van der Waals surface area (Å²) in [5.41, 5.74) is 15.3. The Bertz CT molecular complexity index is 2890. The molecule has 0 saturated carbocycles. The number of nitrogens with zero attached hydrogens (tertiary/aromatic N) is 1. The van der Waals surface area contributed by atoms with Crippen molar-refractivity contribution in [2.75, 3.05) is 4.90 Å². The molecule has 2 aliphatic rings. The average Bonchev–Trinajstić information content (AvgIpc) is 3.47. The molecule has 0 fully saturated rings. The van der Waals surface area contributed by atoms with Crippen LogP contribution in [0.25, 0.3) is 88.3 Å². The van der Waals surface area contributed by atoms with Crippen LogP contribution in [0.15, 0.2) is 176 Å². The van der Waals surface area contributed by atoms with Gasteiger partial charge in [-0.15, -0.1) is 0 Å². The summed E-state index contributed by atoms with van der Waals surface area (Å²) >= 11 is 0. The van der Waals surface area contributed by atoms with Gasteiger partial charge in [-0.25, -0.2) is 8.78 Å². The Morgan fingerprint density at radius 1 is 0.340 bits per heavy atom. The van der Waals surface area contributed by atoms with Crippen molar-refractivity contribution in [3.63, 3.8) is 0 Å². The van der Waals surface area contributed by atoms with Crippen molar-refractivity contribution in [1.29, 1.82) is 0 Å². The molecule has 0 atom stereocenters. The first-order valence-corrected chi connectivity index (χ1v) is 17.9. The third-order valence-electron chi connectivity index (χ3n) is 11.0. The van der Waals surface area contributed by atoms with E-state index in [1.54, 1.807) is 12.1 Å². The fourth-order valence-corrected chi connectivity index (χ4v) is 8.92. The highest BCUT2D eigenvalue weighted by Gasteiger charge is 2.32. The number of halogens is 2. The second-order valence-electron chi connectivity index (χ2n) is 13.9. The number of rotatable bonds is 3. The maximum absolute atomic E-state index is 15.2. The molecule has 9 aromatic carbocycles. The topological polar surface area (TPSA) is 3.24 Å². The van der Waals surface area contributed by atoms with Crippen LogP contribution in [0.2, 0.25) is 0 Å². The molecule has 9 aromatic rings. The van der Waals surface area contributed by atoms with Gasteiger partial charge in [-0.1, -0.05) is 127 Å². The summed E-state index contributed by atoms with van der Waals surface area (Å²) < 4.78 is 30.3. The quantitative estimate of drug-likeness (QED) is 0.179. The van der Waals surface area contributed by atoms with Crippen molar-refractivity contribution in [3.8, 4) is 66.8 Å². The normalized spacial score (nSPS) is 12.3. The van der Waals surface area contributed by atoms with Gasteiger partial charge in [0.2, 0.25) is 0 Å². The maximum Gasteiger partial charge on any atom is 0.123 e. The Hall–Kier alpha value is -6.84. The van der Waals surface area contributed by atoms with Crippen LogP contribution in [-0.2, 0) is 0 Å². The van der Waals surface area contributed by atoms with Crippen molar-refractivity contribution in [1.82, 2.24) is 0 Å². The van der Waals surface area contributed by atoms with Crippen LogP contribution < -0.4 is 4.90 Å². The highest BCUT2D eigenvalue weighted by molar-refractivity contribution is 6.28. The van der Waals surface area contributed by atoms with Crippen LogP contribution in [-0.4, -0.2) is 0 Å². The van der Waals surface area contributed by atoms with Crippen LogP contribution in [0.5, 0.6) is 0 Å². The molecule has 0 aromatic heterocycles. The second kappa shape index (κ2) is 11.3. The first kappa shape index (κ1) is 29.8. The second-order valence-corrected chi connectivity index (χ2v) is 13.9. The van der Waals surface area contributed by atoms with Crippen molar-refractivity contribution < 1.29 is 8.78 Å². The fraction of sp³-hybridized carbons (Fsp3) is 0. The van der Waals surface area contributed by atoms with Crippen molar-refractivity contribution in [2.24, 2.45) is 0 Å². The molecule has 1 heterocycles. The molecule has 11 rings (SSSR count). The van der Waals surface area contributed by atoms with Gasteiger partial charge >= 0.3 is 0 Å². The molecule has 0 bridgehead atoms. The van der Waals surface area contributed by atoms with E-state index in [-0.39, 0.29) is 11.6 Å². The number of fused-ring (bicyclic) bond motifs is 9. The van der Waals surface area contributed by atoms with E-state index < -0.39 is 0 Å². The molecular weight excluding hydrogens is 653 g/mol. The molecule has 0 N–H and O–H groups in total. The molecule has 0 unspecified atom stereocenters. The zero-order valence-corrected chi connectivity index (χ0v) is 28.4. The lowest BCUT2D eigenvalue weighted by Crippen LogP contribution is -2.11. The number of anilines is 3. The summed E-state index contributed by atoms with van der Waals surface area (Å²) in [4.78, 5) is 2.17. The largest absolute Gasteiger partial charge is 0.309 e. The Morgan fingerprint density at radius 2 is 0.830 bits per heavy atom. The first-order valence-electron chi connectivity index (χ1n) is 17.9. The lowest BCUT2D eigenvalue weighted by atomic mass is 9.82. The van der Waals surface area contributed by atoms with Crippen LogP contribution in [0.4, 0.5) is 25.8 Å².